The number of carbonyl (C=O) groups excluding carboxylic acids is 2. The number of hydrogen-bond acceptors (Lipinski definition) is 3. The number of ether oxygens (including phenoxy) is 1. The molecule has 1 fully saturated rings. The largest absolute Gasteiger partial charge is 0.356 e. The summed E-state index contributed by atoms with van der Waals surface area (Å²) in [5, 5.41) is 0.606. The summed E-state index contributed by atoms with van der Waals surface area (Å²) in [4.78, 5) is 27.1. The molecule has 108 valence electrons. The number of benzene rings is 1. The zero-order chi connectivity index (χ0) is 14.9. The SMILES string of the molecule is CN(C)C(=O)[C@H]1OCC(=O)N(C)[C@@H]1c1ccc(Cl)cc1. The van der Waals surface area contributed by atoms with Crippen molar-refractivity contribution in [2.24, 2.45) is 0 Å². The van der Waals surface area contributed by atoms with Crippen LogP contribution in [-0.4, -0.2) is 55.5 Å². The Labute approximate surface area is 123 Å². The molecule has 1 aromatic carbocycles. The van der Waals surface area contributed by atoms with Crippen LogP contribution in [0, 0.1) is 0 Å². The molecule has 1 aliphatic rings. The van der Waals surface area contributed by atoms with Crippen LogP contribution >= 0.6 is 11.6 Å². The molecule has 0 spiro atoms. The minimum atomic E-state index is -0.700. The van der Waals surface area contributed by atoms with Crippen LogP contribution in [0.3, 0.4) is 0 Å². The van der Waals surface area contributed by atoms with Gasteiger partial charge >= 0.3 is 0 Å². The first-order valence-electron chi connectivity index (χ1n) is 6.25. The van der Waals surface area contributed by atoms with Gasteiger partial charge in [0, 0.05) is 26.2 Å². The fourth-order valence-electron chi connectivity index (χ4n) is 2.23. The monoisotopic (exact) mass is 296 g/mol. The first-order chi connectivity index (χ1) is 9.41. The van der Waals surface area contributed by atoms with Crippen molar-refractivity contribution < 1.29 is 14.3 Å². The molecular weight excluding hydrogens is 280 g/mol. The van der Waals surface area contributed by atoms with Crippen molar-refractivity contribution in [3.63, 3.8) is 0 Å². The van der Waals surface area contributed by atoms with Crippen LogP contribution in [0.15, 0.2) is 24.3 Å². The van der Waals surface area contributed by atoms with Gasteiger partial charge < -0.3 is 14.5 Å². The van der Waals surface area contributed by atoms with Crippen molar-refractivity contribution in [3.8, 4) is 0 Å². The highest BCUT2D eigenvalue weighted by molar-refractivity contribution is 6.30. The lowest BCUT2D eigenvalue weighted by molar-refractivity contribution is -0.166. The number of halogens is 1. The molecule has 0 bridgehead atoms. The van der Waals surface area contributed by atoms with Crippen LogP contribution in [0.4, 0.5) is 0 Å². The lowest BCUT2D eigenvalue weighted by Gasteiger charge is -2.39. The van der Waals surface area contributed by atoms with E-state index in [-0.39, 0.29) is 18.4 Å². The molecule has 20 heavy (non-hydrogen) atoms. The Balaban J connectivity index is 2.37. The van der Waals surface area contributed by atoms with Crippen LogP contribution in [-0.2, 0) is 14.3 Å². The number of rotatable bonds is 2. The number of nitrogens with zero attached hydrogens (tertiary/aromatic N) is 2. The van der Waals surface area contributed by atoms with Gasteiger partial charge in [-0.05, 0) is 17.7 Å². The molecule has 2 atom stereocenters. The molecule has 5 nitrogen and oxygen atoms in total. The Kier molecular flexibility index (Phi) is 4.30. The predicted octanol–water partition coefficient (Wildman–Crippen LogP) is 1.33. The van der Waals surface area contributed by atoms with Crippen LogP contribution in [0.1, 0.15) is 11.6 Å². The van der Waals surface area contributed by atoms with Crippen molar-refractivity contribution in [1.29, 1.82) is 0 Å². The van der Waals surface area contributed by atoms with Crippen molar-refractivity contribution >= 4 is 23.4 Å². The third-order valence-corrected chi connectivity index (χ3v) is 3.63. The van der Waals surface area contributed by atoms with Gasteiger partial charge in [0.2, 0.25) is 5.91 Å². The summed E-state index contributed by atoms with van der Waals surface area (Å²) in [5.41, 5.74) is 0.824. The Morgan fingerprint density at radius 3 is 2.50 bits per heavy atom. The van der Waals surface area contributed by atoms with Crippen LogP contribution in [0.5, 0.6) is 0 Å². The van der Waals surface area contributed by atoms with E-state index in [1.165, 1.54) is 4.90 Å². The van der Waals surface area contributed by atoms with E-state index >= 15 is 0 Å². The molecule has 2 amide bonds. The zero-order valence-electron chi connectivity index (χ0n) is 11.7. The Morgan fingerprint density at radius 1 is 1.35 bits per heavy atom. The normalized spacial score (nSPS) is 22.8. The topological polar surface area (TPSA) is 49.9 Å². The maximum atomic E-state index is 12.2. The summed E-state index contributed by atoms with van der Waals surface area (Å²) in [6.45, 7) is -0.0785. The second-order valence-electron chi connectivity index (χ2n) is 4.97. The number of morpholine rings is 1. The van der Waals surface area contributed by atoms with E-state index in [0.717, 1.165) is 5.56 Å². The zero-order valence-corrected chi connectivity index (χ0v) is 12.4. The number of carbonyl (C=O) groups is 2. The molecular formula is C14H17ClN2O3. The van der Waals surface area contributed by atoms with Crippen LogP contribution in [0.25, 0.3) is 0 Å². The Bertz CT molecular complexity index is 516. The predicted molar refractivity (Wildman–Crippen MR) is 75.4 cm³/mol. The molecule has 0 N–H and O–H groups in total. The number of amides is 2. The van der Waals surface area contributed by atoms with E-state index in [1.807, 2.05) is 0 Å². The molecule has 1 saturated heterocycles. The van der Waals surface area contributed by atoms with E-state index in [2.05, 4.69) is 0 Å². The summed E-state index contributed by atoms with van der Waals surface area (Å²) in [5.74, 6) is -0.308. The number of hydrogen-bond donors (Lipinski definition) is 0. The van der Waals surface area contributed by atoms with Crippen molar-refractivity contribution in [1.82, 2.24) is 9.80 Å². The van der Waals surface area contributed by atoms with E-state index in [4.69, 9.17) is 16.3 Å². The smallest absolute Gasteiger partial charge is 0.253 e. The fourth-order valence-corrected chi connectivity index (χ4v) is 2.36. The van der Waals surface area contributed by atoms with Gasteiger partial charge in [0.1, 0.15) is 6.61 Å². The maximum Gasteiger partial charge on any atom is 0.253 e. The summed E-state index contributed by atoms with van der Waals surface area (Å²) >= 11 is 5.88. The van der Waals surface area contributed by atoms with Crippen molar-refractivity contribution in [2.45, 2.75) is 12.1 Å². The first-order valence-corrected chi connectivity index (χ1v) is 6.63. The van der Waals surface area contributed by atoms with Crippen molar-refractivity contribution in [3.05, 3.63) is 34.9 Å². The van der Waals surface area contributed by atoms with E-state index < -0.39 is 12.1 Å². The molecule has 1 heterocycles. The molecule has 1 aromatic rings. The lowest BCUT2D eigenvalue weighted by Crippen LogP contribution is -2.52. The Morgan fingerprint density at radius 2 is 1.95 bits per heavy atom. The van der Waals surface area contributed by atoms with Gasteiger partial charge in [-0.25, -0.2) is 0 Å². The van der Waals surface area contributed by atoms with Crippen LogP contribution < -0.4 is 0 Å². The van der Waals surface area contributed by atoms with E-state index in [0.29, 0.717) is 5.02 Å². The standard InChI is InChI=1S/C14H17ClN2O3/c1-16(2)14(19)13-12(17(3)11(18)8-20-13)9-4-6-10(15)7-5-9/h4-7,12-13H,8H2,1-3H3/t12-,13+/m1/s1. The van der Waals surface area contributed by atoms with E-state index in [9.17, 15) is 9.59 Å². The molecule has 0 radical (unpaired) electrons. The second kappa shape index (κ2) is 5.81. The average molecular weight is 297 g/mol. The molecule has 1 aliphatic heterocycles. The highest BCUT2D eigenvalue weighted by atomic mass is 35.5. The van der Waals surface area contributed by atoms with Gasteiger partial charge in [-0.15, -0.1) is 0 Å². The molecule has 0 aromatic heterocycles. The molecule has 0 aliphatic carbocycles. The highest BCUT2D eigenvalue weighted by Gasteiger charge is 2.40. The first kappa shape index (κ1) is 14.8. The van der Waals surface area contributed by atoms with Crippen molar-refractivity contribution in [2.75, 3.05) is 27.7 Å². The summed E-state index contributed by atoms with van der Waals surface area (Å²) in [6.07, 6.45) is -0.700. The van der Waals surface area contributed by atoms with Gasteiger partial charge in [0.25, 0.3) is 5.91 Å². The summed E-state index contributed by atoms with van der Waals surface area (Å²) in [6, 6.07) is 6.65. The average Bonchev–Trinajstić information content (AvgIpc) is 2.42. The molecule has 0 saturated carbocycles. The molecule has 2 rings (SSSR count). The number of likely N-dealkylation sites (N-methyl/N-ethyl adjacent to an activating group) is 2. The van der Waals surface area contributed by atoms with E-state index in [1.54, 1.807) is 50.3 Å². The van der Waals surface area contributed by atoms with Gasteiger partial charge in [0.15, 0.2) is 6.10 Å². The quantitative estimate of drug-likeness (QED) is 0.827. The second-order valence-corrected chi connectivity index (χ2v) is 5.40. The fraction of sp³-hybridized carbons (Fsp3) is 0.429. The lowest BCUT2D eigenvalue weighted by atomic mass is 9.97. The summed E-state index contributed by atoms with van der Waals surface area (Å²) < 4.78 is 5.47. The summed E-state index contributed by atoms with van der Waals surface area (Å²) in [7, 11) is 5.02. The molecule has 6 heteroatoms. The van der Waals surface area contributed by atoms with Gasteiger partial charge in [-0.3, -0.25) is 9.59 Å². The third-order valence-electron chi connectivity index (χ3n) is 3.38. The van der Waals surface area contributed by atoms with Gasteiger partial charge in [-0.1, -0.05) is 23.7 Å². The van der Waals surface area contributed by atoms with Crippen LogP contribution in [0.2, 0.25) is 5.02 Å². The third kappa shape index (κ3) is 2.78. The minimum absolute atomic E-state index is 0.0785. The van der Waals surface area contributed by atoms with Gasteiger partial charge in [-0.2, -0.15) is 0 Å². The highest BCUT2D eigenvalue weighted by Crippen LogP contribution is 2.30. The molecule has 0 unspecified atom stereocenters. The maximum absolute atomic E-state index is 12.2. The Hall–Kier alpha value is -1.59. The van der Waals surface area contributed by atoms with Gasteiger partial charge in [0.05, 0.1) is 6.04 Å². The minimum Gasteiger partial charge on any atom is -0.356 e.